The van der Waals surface area contributed by atoms with Crippen molar-refractivity contribution in [2.75, 3.05) is 24.6 Å². The Hall–Kier alpha value is -2.08. The molecule has 1 aliphatic rings. The van der Waals surface area contributed by atoms with Crippen LogP contribution in [0.25, 0.3) is 0 Å². The fourth-order valence-electron chi connectivity index (χ4n) is 2.77. The highest BCUT2D eigenvalue weighted by molar-refractivity contribution is 5.33. The summed E-state index contributed by atoms with van der Waals surface area (Å²) < 4.78 is 5.90. The van der Waals surface area contributed by atoms with E-state index in [-0.39, 0.29) is 6.10 Å². The van der Waals surface area contributed by atoms with E-state index in [1.165, 1.54) is 0 Å². The number of rotatable bonds is 2. The molecule has 0 radical (unpaired) electrons. The molecule has 0 N–H and O–H groups in total. The predicted molar refractivity (Wildman–Crippen MR) is 83.9 cm³/mol. The lowest BCUT2D eigenvalue weighted by atomic mass is 10.2. The standard InChI is InChI=1S/C16H21N5O/c1-10-7-11(2)19-16(18-10)21-5-6-22-15(9-21)14-8-12(3)17-13(4)20-14/h7-8,15H,5-6,9H2,1-4H3/t15-/m0/s1. The molecular formula is C16H21N5O. The summed E-state index contributed by atoms with van der Waals surface area (Å²) in [5, 5.41) is 0. The summed E-state index contributed by atoms with van der Waals surface area (Å²) in [6, 6.07) is 3.97. The molecule has 0 saturated carbocycles. The van der Waals surface area contributed by atoms with E-state index in [9.17, 15) is 0 Å². The van der Waals surface area contributed by atoms with Crippen LogP contribution in [0.3, 0.4) is 0 Å². The Morgan fingerprint density at radius 3 is 2.32 bits per heavy atom. The largest absolute Gasteiger partial charge is 0.368 e. The van der Waals surface area contributed by atoms with Crippen molar-refractivity contribution in [2.24, 2.45) is 0 Å². The van der Waals surface area contributed by atoms with Gasteiger partial charge in [0.05, 0.1) is 18.8 Å². The first-order chi connectivity index (χ1) is 10.5. The molecule has 3 heterocycles. The number of ether oxygens (including phenoxy) is 1. The Morgan fingerprint density at radius 2 is 1.64 bits per heavy atom. The molecular weight excluding hydrogens is 278 g/mol. The van der Waals surface area contributed by atoms with Gasteiger partial charge in [-0.3, -0.25) is 0 Å². The summed E-state index contributed by atoms with van der Waals surface area (Å²) >= 11 is 0. The fraction of sp³-hybridized carbons (Fsp3) is 0.500. The lowest BCUT2D eigenvalue weighted by molar-refractivity contribution is 0.0362. The number of hydrogen-bond donors (Lipinski definition) is 0. The molecule has 0 amide bonds. The summed E-state index contributed by atoms with van der Waals surface area (Å²) in [5.41, 5.74) is 3.86. The van der Waals surface area contributed by atoms with Crippen molar-refractivity contribution < 1.29 is 4.74 Å². The zero-order valence-corrected chi connectivity index (χ0v) is 13.5. The summed E-state index contributed by atoms with van der Waals surface area (Å²) in [7, 11) is 0. The van der Waals surface area contributed by atoms with Crippen LogP contribution in [0, 0.1) is 27.7 Å². The summed E-state index contributed by atoms with van der Waals surface area (Å²) in [6.07, 6.45) is -0.0708. The van der Waals surface area contributed by atoms with Crippen LogP contribution in [0.2, 0.25) is 0 Å². The monoisotopic (exact) mass is 299 g/mol. The highest BCUT2D eigenvalue weighted by Crippen LogP contribution is 2.24. The number of nitrogens with zero attached hydrogens (tertiary/aromatic N) is 5. The molecule has 3 rings (SSSR count). The van der Waals surface area contributed by atoms with E-state index in [1.54, 1.807) is 0 Å². The lowest BCUT2D eigenvalue weighted by Gasteiger charge is -2.33. The smallest absolute Gasteiger partial charge is 0.225 e. The van der Waals surface area contributed by atoms with Gasteiger partial charge in [0.15, 0.2) is 0 Å². The average molecular weight is 299 g/mol. The van der Waals surface area contributed by atoms with E-state index in [0.29, 0.717) is 13.2 Å². The van der Waals surface area contributed by atoms with Crippen molar-refractivity contribution in [1.29, 1.82) is 0 Å². The number of aromatic nitrogens is 4. The van der Waals surface area contributed by atoms with Crippen molar-refractivity contribution in [2.45, 2.75) is 33.8 Å². The third-order valence-electron chi connectivity index (χ3n) is 3.64. The molecule has 2 aromatic heterocycles. The molecule has 2 aromatic rings. The summed E-state index contributed by atoms with van der Waals surface area (Å²) in [5.74, 6) is 1.55. The Kier molecular flexibility index (Phi) is 4.02. The Morgan fingerprint density at radius 1 is 0.955 bits per heavy atom. The van der Waals surface area contributed by atoms with Crippen LogP contribution < -0.4 is 4.90 Å². The van der Waals surface area contributed by atoms with Gasteiger partial charge < -0.3 is 9.64 Å². The van der Waals surface area contributed by atoms with Gasteiger partial charge in [-0.15, -0.1) is 0 Å². The zero-order chi connectivity index (χ0) is 15.7. The van der Waals surface area contributed by atoms with Crippen LogP contribution in [0.15, 0.2) is 12.1 Å². The molecule has 0 unspecified atom stereocenters. The first kappa shape index (κ1) is 14.8. The molecule has 116 valence electrons. The van der Waals surface area contributed by atoms with E-state index >= 15 is 0 Å². The molecule has 0 aliphatic carbocycles. The molecule has 0 bridgehead atoms. The number of aryl methyl sites for hydroxylation is 4. The maximum absolute atomic E-state index is 5.90. The summed E-state index contributed by atoms with van der Waals surface area (Å²) in [6.45, 7) is 10.0. The van der Waals surface area contributed by atoms with Gasteiger partial charge in [-0.1, -0.05) is 0 Å². The van der Waals surface area contributed by atoms with E-state index in [0.717, 1.165) is 41.1 Å². The maximum atomic E-state index is 5.90. The second-order valence-corrected chi connectivity index (χ2v) is 5.74. The Labute approximate surface area is 130 Å². The van der Waals surface area contributed by atoms with E-state index < -0.39 is 0 Å². The molecule has 6 heteroatoms. The van der Waals surface area contributed by atoms with Crippen LogP contribution >= 0.6 is 0 Å². The van der Waals surface area contributed by atoms with E-state index in [4.69, 9.17) is 4.74 Å². The van der Waals surface area contributed by atoms with Gasteiger partial charge >= 0.3 is 0 Å². The number of hydrogen-bond acceptors (Lipinski definition) is 6. The Bertz CT molecular complexity index is 590. The second kappa shape index (κ2) is 5.96. The SMILES string of the molecule is Cc1cc([C@@H]2CN(c3nc(C)cc(C)n3)CCO2)nc(C)n1. The molecule has 22 heavy (non-hydrogen) atoms. The normalized spacial score (nSPS) is 18.5. The third-order valence-corrected chi connectivity index (χ3v) is 3.64. The van der Waals surface area contributed by atoms with E-state index in [1.807, 2.05) is 39.8 Å². The molecule has 1 atom stereocenters. The fourth-order valence-corrected chi connectivity index (χ4v) is 2.77. The van der Waals surface area contributed by atoms with Crippen LogP contribution in [-0.2, 0) is 4.74 Å². The predicted octanol–water partition coefficient (Wildman–Crippen LogP) is 2.08. The highest BCUT2D eigenvalue weighted by atomic mass is 16.5. The highest BCUT2D eigenvalue weighted by Gasteiger charge is 2.25. The van der Waals surface area contributed by atoms with Gasteiger partial charge in [-0.2, -0.15) is 0 Å². The van der Waals surface area contributed by atoms with Gasteiger partial charge in [0.1, 0.15) is 11.9 Å². The van der Waals surface area contributed by atoms with Crippen molar-refractivity contribution in [3.8, 4) is 0 Å². The van der Waals surface area contributed by atoms with Gasteiger partial charge in [-0.05, 0) is 39.8 Å². The van der Waals surface area contributed by atoms with Gasteiger partial charge in [0.25, 0.3) is 0 Å². The minimum atomic E-state index is -0.0708. The number of morpholine rings is 1. The van der Waals surface area contributed by atoms with Crippen molar-refractivity contribution >= 4 is 5.95 Å². The van der Waals surface area contributed by atoms with Crippen molar-refractivity contribution in [3.05, 3.63) is 40.7 Å². The van der Waals surface area contributed by atoms with Crippen LogP contribution in [0.5, 0.6) is 0 Å². The number of anilines is 1. The topological polar surface area (TPSA) is 64.0 Å². The lowest BCUT2D eigenvalue weighted by Crippen LogP contribution is -2.40. The van der Waals surface area contributed by atoms with Gasteiger partial charge in [-0.25, -0.2) is 19.9 Å². The minimum absolute atomic E-state index is 0.0708. The van der Waals surface area contributed by atoms with Crippen LogP contribution in [-0.4, -0.2) is 39.6 Å². The van der Waals surface area contributed by atoms with E-state index in [2.05, 4.69) is 24.8 Å². The van der Waals surface area contributed by atoms with Crippen molar-refractivity contribution in [1.82, 2.24) is 19.9 Å². The Balaban J connectivity index is 1.84. The average Bonchev–Trinajstić information content (AvgIpc) is 2.45. The zero-order valence-electron chi connectivity index (χ0n) is 13.5. The third kappa shape index (κ3) is 3.22. The first-order valence-electron chi connectivity index (χ1n) is 7.52. The van der Waals surface area contributed by atoms with Crippen LogP contribution in [0.4, 0.5) is 5.95 Å². The molecule has 1 saturated heterocycles. The maximum Gasteiger partial charge on any atom is 0.225 e. The quantitative estimate of drug-likeness (QED) is 0.846. The summed E-state index contributed by atoms with van der Waals surface area (Å²) in [4.78, 5) is 20.1. The van der Waals surface area contributed by atoms with Gasteiger partial charge in [0.2, 0.25) is 5.95 Å². The van der Waals surface area contributed by atoms with Crippen LogP contribution in [0.1, 0.15) is 34.7 Å². The molecule has 6 nitrogen and oxygen atoms in total. The molecule has 0 spiro atoms. The van der Waals surface area contributed by atoms with Crippen molar-refractivity contribution in [3.63, 3.8) is 0 Å². The molecule has 1 aliphatic heterocycles. The molecule has 1 fully saturated rings. The molecule has 0 aromatic carbocycles. The minimum Gasteiger partial charge on any atom is -0.368 e. The van der Waals surface area contributed by atoms with Gasteiger partial charge in [0, 0.05) is 23.6 Å². The first-order valence-corrected chi connectivity index (χ1v) is 7.52. The second-order valence-electron chi connectivity index (χ2n) is 5.74.